The molecule has 0 spiro atoms. The molecule has 11 heavy (non-hydrogen) atoms. The summed E-state index contributed by atoms with van der Waals surface area (Å²) in [5, 5.41) is 0. The van der Waals surface area contributed by atoms with Crippen LogP contribution in [0.5, 0.6) is 0 Å². The number of hydrogen-bond acceptors (Lipinski definition) is 0. The minimum Gasteiger partial charge on any atom is -0.0651 e. The van der Waals surface area contributed by atoms with Crippen LogP contribution in [-0.4, -0.2) is 0 Å². The molecule has 2 unspecified atom stereocenters. The van der Waals surface area contributed by atoms with Crippen LogP contribution in [0.2, 0.25) is 0 Å². The molecule has 0 saturated carbocycles. The van der Waals surface area contributed by atoms with E-state index in [2.05, 4.69) is 27.7 Å². The van der Waals surface area contributed by atoms with Crippen LogP contribution < -0.4 is 0 Å². The summed E-state index contributed by atoms with van der Waals surface area (Å²) >= 11 is 0. The van der Waals surface area contributed by atoms with E-state index in [0.29, 0.717) is 0 Å². The standard InChI is InChI=1S/C11H23/c1-5-10(3)8-7-9-11(4)6-2/h10-11H,1,5-9H2,2-4H3. The Morgan fingerprint density at radius 1 is 1.09 bits per heavy atom. The topological polar surface area (TPSA) is 0 Å². The molecule has 0 aromatic rings. The molecule has 0 fully saturated rings. The van der Waals surface area contributed by atoms with E-state index in [0.717, 1.165) is 18.3 Å². The first kappa shape index (κ1) is 11.0. The maximum Gasteiger partial charge on any atom is -0.0443 e. The van der Waals surface area contributed by atoms with Crippen LogP contribution in [0.1, 0.15) is 52.9 Å². The molecule has 0 heterocycles. The number of hydrogen-bond donors (Lipinski definition) is 0. The van der Waals surface area contributed by atoms with Gasteiger partial charge >= 0.3 is 0 Å². The van der Waals surface area contributed by atoms with Crippen molar-refractivity contribution in [1.29, 1.82) is 0 Å². The molecule has 0 aliphatic heterocycles. The molecular formula is C11H23. The van der Waals surface area contributed by atoms with Gasteiger partial charge in [0.25, 0.3) is 0 Å². The van der Waals surface area contributed by atoms with Crippen molar-refractivity contribution in [3.8, 4) is 0 Å². The third-order valence-corrected chi connectivity index (χ3v) is 2.58. The first-order chi connectivity index (χ1) is 5.20. The van der Waals surface area contributed by atoms with Crippen molar-refractivity contribution in [3.05, 3.63) is 6.92 Å². The van der Waals surface area contributed by atoms with Gasteiger partial charge in [-0.15, -0.1) is 0 Å². The Morgan fingerprint density at radius 2 is 1.64 bits per heavy atom. The second-order valence-corrected chi connectivity index (χ2v) is 3.84. The molecule has 0 heteroatoms. The first-order valence-corrected chi connectivity index (χ1v) is 4.99. The molecule has 0 aromatic carbocycles. The summed E-state index contributed by atoms with van der Waals surface area (Å²) in [6, 6.07) is 0. The molecule has 1 radical (unpaired) electrons. The molecule has 0 N–H and O–H groups in total. The molecule has 0 rings (SSSR count). The molecule has 0 aromatic heterocycles. The SMILES string of the molecule is [CH2]CC(C)CCCC(C)CC. The van der Waals surface area contributed by atoms with Gasteiger partial charge in [-0.2, -0.15) is 0 Å². The fourth-order valence-corrected chi connectivity index (χ4v) is 1.16. The Morgan fingerprint density at radius 3 is 2.09 bits per heavy atom. The van der Waals surface area contributed by atoms with Gasteiger partial charge < -0.3 is 0 Å². The quantitative estimate of drug-likeness (QED) is 0.542. The van der Waals surface area contributed by atoms with Gasteiger partial charge in [-0.25, -0.2) is 0 Å². The average Bonchev–Trinajstić information content (AvgIpc) is 2.04. The third-order valence-electron chi connectivity index (χ3n) is 2.58. The minimum atomic E-state index is 0.832. The predicted octanol–water partition coefficient (Wildman–Crippen LogP) is 4.06. The summed E-state index contributed by atoms with van der Waals surface area (Å²) in [4.78, 5) is 0. The summed E-state index contributed by atoms with van der Waals surface area (Å²) in [6.45, 7) is 10.8. The van der Waals surface area contributed by atoms with Crippen LogP contribution >= 0.6 is 0 Å². The van der Waals surface area contributed by atoms with Gasteiger partial charge in [0.15, 0.2) is 0 Å². The molecule has 0 saturated heterocycles. The molecule has 0 nitrogen and oxygen atoms in total. The van der Waals surface area contributed by atoms with Crippen molar-refractivity contribution in [2.45, 2.75) is 52.9 Å². The van der Waals surface area contributed by atoms with Gasteiger partial charge in [-0.05, 0) is 11.8 Å². The Labute approximate surface area is 72.4 Å². The molecule has 0 aliphatic rings. The van der Waals surface area contributed by atoms with Crippen molar-refractivity contribution < 1.29 is 0 Å². The highest BCUT2D eigenvalue weighted by atomic mass is 14.1. The molecule has 0 amide bonds. The highest BCUT2D eigenvalue weighted by Crippen LogP contribution is 2.16. The maximum absolute atomic E-state index is 3.90. The van der Waals surface area contributed by atoms with E-state index >= 15 is 0 Å². The van der Waals surface area contributed by atoms with Gasteiger partial charge in [0, 0.05) is 0 Å². The van der Waals surface area contributed by atoms with Gasteiger partial charge in [0.05, 0.1) is 0 Å². The van der Waals surface area contributed by atoms with E-state index in [9.17, 15) is 0 Å². The molecule has 2 atom stereocenters. The fraction of sp³-hybridized carbons (Fsp3) is 0.909. The smallest absolute Gasteiger partial charge is 0.0443 e. The second-order valence-electron chi connectivity index (χ2n) is 3.84. The zero-order chi connectivity index (χ0) is 8.69. The lowest BCUT2D eigenvalue weighted by atomic mass is 9.96. The molecule has 0 bridgehead atoms. The summed E-state index contributed by atoms with van der Waals surface area (Å²) in [6.07, 6.45) is 6.60. The van der Waals surface area contributed by atoms with E-state index < -0.39 is 0 Å². The molecule has 67 valence electrons. The van der Waals surface area contributed by atoms with Crippen molar-refractivity contribution in [2.24, 2.45) is 11.8 Å². The Bertz CT molecular complexity index is 66.1. The highest BCUT2D eigenvalue weighted by Gasteiger charge is 2.01. The van der Waals surface area contributed by atoms with Crippen molar-refractivity contribution in [2.75, 3.05) is 0 Å². The van der Waals surface area contributed by atoms with Gasteiger partial charge in [-0.1, -0.05) is 59.8 Å². The average molecular weight is 155 g/mol. The van der Waals surface area contributed by atoms with E-state index in [4.69, 9.17) is 0 Å². The zero-order valence-corrected chi connectivity index (χ0v) is 8.40. The highest BCUT2D eigenvalue weighted by molar-refractivity contribution is 4.57. The molecular weight excluding hydrogens is 132 g/mol. The van der Waals surface area contributed by atoms with Crippen molar-refractivity contribution >= 4 is 0 Å². The van der Waals surface area contributed by atoms with Crippen LogP contribution in [0, 0.1) is 18.8 Å². The van der Waals surface area contributed by atoms with Crippen molar-refractivity contribution in [1.82, 2.24) is 0 Å². The predicted molar refractivity (Wildman–Crippen MR) is 52.4 cm³/mol. The van der Waals surface area contributed by atoms with Gasteiger partial charge in [0.2, 0.25) is 0 Å². The lowest BCUT2D eigenvalue weighted by Crippen LogP contribution is -1.96. The second kappa shape index (κ2) is 6.69. The Hall–Kier alpha value is 0. The summed E-state index contributed by atoms with van der Waals surface area (Å²) < 4.78 is 0. The summed E-state index contributed by atoms with van der Waals surface area (Å²) in [7, 11) is 0. The van der Waals surface area contributed by atoms with E-state index in [-0.39, 0.29) is 0 Å². The van der Waals surface area contributed by atoms with Crippen LogP contribution in [0.4, 0.5) is 0 Å². The zero-order valence-electron chi connectivity index (χ0n) is 8.40. The molecule has 0 aliphatic carbocycles. The summed E-state index contributed by atoms with van der Waals surface area (Å²) in [5.74, 6) is 1.76. The summed E-state index contributed by atoms with van der Waals surface area (Å²) in [5.41, 5.74) is 0. The lowest BCUT2D eigenvalue weighted by Gasteiger charge is -2.10. The van der Waals surface area contributed by atoms with Crippen LogP contribution in [-0.2, 0) is 0 Å². The third kappa shape index (κ3) is 6.40. The van der Waals surface area contributed by atoms with Crippen LogP contribution in [0.3, 0.4) is 0 Å². The van der Waals surface area contributed by atoms with E-state index in [1.54, 1.807) is 0 Å². The minimum absolute atomic E-state index is 0.832. The first-order valence-electron chi connectivity index (χ1n) is 4.99. The van der Waals surface area contributed by atoms with Gasteiger partial charge in [-0.3, -0.25) is 0 Å². The van der Waals surface area contributed by atoms with Crippen LogP contribution in [0.25, 0.3) is 0 Å². The maximum atomic E-state index is 3.90. The van der Waals surface area contributed by atoms with Gasteiger partial charge in [0.1, 0.15) is 0 Å². The number of rotatable bonds is 6. The lowest BCUT2D eigenvalue weighted by molar-refractivity contribution is 0.435. The monoisotopic (exact) mass is 155 g/mol. The largest absolute Gasteiger partial charge is 0.0651 e. The Balaban J connectivity index is 3.13. The Kier molecular flexibility index (Phi) is 6.69. The van der Waals surface area contributed by atoms with E-state index in [1.807, 2.05) is 0 Å². The van der Waals surface area contributed by atoms with E-state index in [1.165, 1.54) is 25.7 Å². The van der Waals surface area contributed by atoms with Crippen LogP contribution in [0.15, 0.2) is 0 Å². The fourth-order valence-electron chi connectivity index (χ4n) is 1.16. The van der Waals surface area contributed by atoms with Crippen molar-refractivity contribution in [3.63, 3.8) is 0 Å². The normalized spacial score (nSPS) is 16.4.